The number of nitrogens with one attached hydrogen (secondary N) is 1. The van der Waals surface area contributed by atoms with Crippen LogP contribution in [0.5, 0.6) is 0 Å². The molecule has 1 rings (SSSR count). The fraction of sp³-hybridized carbons (Fsp3) is 0.529. The normalized spacial score (nSPS) is 12.4. The minimum absolute atomic E-state index is 0.128. The van der Waals surface area contributed by atoms with E-state index in [1.165, 1.54) is 7.11 Å². The number of rotatable bonds is 6. The van der Waals surface area contributed by atoms with Gasteiger partial charge in [-0.3, -0.25) is 4.79 Å². The smallest absolute Gasteiger partial charge is 0.407 e. The van der Waals surface area contributed by atoms with Gasteiger partial charge in [-0.25, -0.2) is 4.79 Å². The summed E-state index contributed by atoms with van der Waals surface area (Å²) in [6.07, 6.45) is 1.01. The number of methoxy groups -OCH3 is 1. The van der Waals surface area contributed by atoms with Gasteiger partial charge in [-0.15, -0.1) is 0 Å². The summed E-state index contributed by atoms with van der Waals surface area (Å²) in [4.78, 5) is 23.4. The molecule has 0 fully saturated rings. The lowest BCUT2D eigenvalue weighted by molar-refractivity contribution is -0.141. The first kappa shape index (κ1) is 18.0. The maximum Gasteiger partial charge on any atom is 0.407 e. The molecule has 5 nitrogen and oxygen atoms in total. The minimum atomic E-state index is -0.570. The molecule has 0 saturated heterocycles. The van der Waals surface area contributed by atoms with Gasteiger partial charge < -0.3 is 14.8 Å². The molecule has 0 aliphatic heterocycles. The van der Waals surface area contributed by atoms with Crippen LogP contribution in [-0.2, 0) is 20.7 Å². The Morgan fingerprint density at radius 2 is 1.82 bits per heavy atom. The maximum atomic E-state index is 11.9. The van der Waals surface area contributed by atoms with E-state index >= 15 is 0 Å². The maximum absolute atomic E-state index is 11.9. The Kier molecular flexibility index (Phi) is 6.89. The molecule has 0 bridgehead atoms. The zero-order valence-electron chi connectivity index (χ0n) is 13.7. The Balaban J connectivity index is 2.59. The van der Waals surface area contributed by atoms with Crippen molar-refractivity contribution in [3.8, 4) is 0 Å². The molecule has 0 aliphatic carbocycles. The van der Waals surface area contributed by atoms with Gasteiger partial charge in [-0.1, -0.05) is 30.3 Å². The van der Waals surface area contributed by atoms with Crippen molar-refractivity contribution in [1.29, 1.82) is 0 Å². The second kappa shape index (κ2) is 8.41. The van der Waals surface area contributed by atoms with Gasteiger partial charge in [-0.2, -0.15) is 0 Å². The highest BCUT2D eigenvalue weighted by atomic mass is 16.6. The Morgan fingerprint density at radius 1 is 1.18 bits per heavy atom. The van der Waals surface area contributed by atoms with Crippen LogP contribution in [0.2, 0.25) is 0 Å². The van der Waals surface area contributed by atoms with Gasteiger partial charge >= 0.3 is 12.1 Å². The third kappa shape index (κ3) is 7.67. The van der Waals surface area contributed by atoms with Crippen LogP contribution in [0.1, 0.15) is 39.2 Å². The first-order chi connectivity index (χ1) is 10.3. The van der Waals surface area contributed by atoms with Crippen molar-refractivity contribution in [1.82, 2.24) is 5.32 Å². The number of aryl methyl sites for hydroxylation is 1. The zero-order valence-corrected chi connectivity index (χ0v) is 13.7. The largest absolute Gasteiger partial charge is 0.469 e. The standard InChI is InChI=1S/C17H25NO4/c1-17(2,3)22-16(20)18-14(12-15(19)21-4)11-10-13-8-6-5-7-9-13/h5-9,14H,10-12H2,1-4H3,(H,18,20)/t14-/m0/s1. The van der Waals surface area contributed by atoms with Crippen LogP contribution in [0.4, 0.5) is 4.79 Å². The van der Waals surface area contributed by atoms with Crippen molar-refractivity contribution in [2.45, 2.75) is 51.7 Å². The molecule has 22 heavy (non-hydrogen) atoms. The number of carbonyl (C=O) groups excluding carboxylic acids is 2. The van der Waals surface area contributed by atoms with Crippen LogP contribution in [-0.4, -0.2) is 30.8 Å². The molecule has 0 radical (unpaired) electrons. The lowest BCUT2D eigenvalue weighted by Crippen LogP contribution is -2.40. The lowest BCUT2D eigenvalue weighted by Gasteiger charge is -2.23. The van der Waals surface area contributed by atoms with Crippen molar-refractivity contribution >= 4 is 12.1 Å². The number of ether oxygens (including phenoxy) is 2. The number of benzene rings is 1. The monoisotopic (exact) mass is 307 g/mol. The number of hydrogen-bond acceptors (Lipinski definition) is 4. The molecule has 122 valence electrons. The summed E-state index contributed by atoms with van der Waals surface area (Å²) in [6, 6.07) is 9.60. The Bertz CT molecular complexity index is 479. The van der Waals surface area contributed by atoms with Crippen molar-refractivity contribution in [2.75, 3.05) is 7.11 Å². The molecule has 1 aromatic carbocycles. The van der Waals surface area contributed by atoms with E-state index in [1.54, 1.807) is 20.8 Å². The molecule has 1 N–H and O–H groups in total. The van der Waals surface area contributed by atoms with E-state index in [0.29, 0.717) is 6.42 Å². The van der Waals surface area contributed by atoms with E-state index in [-0.39, 0.29) is 18.4 Å². The van der Waals surface area contributed by atoms with E-state index in [2.05, 4.69) is 10.1 Å². The third-order valence-corrected chi connectivity index (χ3v) is 2.99. The Hall–Kier alpha value is -2.04. The SMILES string of the molecule is COC(=O)C[C@H](CCc1ccccc1)NC(=O)OC(C)(C)C. The van der Waals surface area contributed by atoms with Crippen molar-refractivity contribution < 1.29 is 19.1 Å². The highest BCUT2D eigenvalue weighted by Gasteiger charge is 2.21. The minimum Gasteiger partial charge on any atom is -0.469 e. The number of carbonyl (C=O) groups is 2. The van der Waals surface area contributed by atoms with Gasteiger partial charge in [-0.05, 0) is 39.2 Å². The first-order valence-corrected chi connectivity index (χ1v) is 7.40. The fourth-order valence-corrected chi connectivity index (χ4v) is 1.97. The molecule has 1 aromatic rings. The predicted octanol–water partition coefficient (Wildman–Crippen LogP) is 3.08. The predicted molar refractivity (Wildman–Crippen MR) is 84.6 cm³/mol. The fourth-order valence-electron chi connectivity index (χ4n) is 1.97. The van der Waals surface area contributed by atoms with Crippen LogP contribution < -0.4 is 5.32 Å². The van der Waals surface area contributed by atoms with E-state index in [4.69, 9.17) is 4.74 Å². The van der Waals surface area contributed by atoms with E-state index in [0.717, 1.165) is 12.0 Å². The molecule has 5 heteroatoms. The summed E-state index contributed by atoms with van der Waals surface area (Å²) in [6.45, 7) is 5.39. The number of esters is 1. The first-order valence-electron chi connectivity index (χ1n) is 7.40. The van der Waals surface area contributed by atoms with E-state index in [1.807, 2.05) is 30.3 Å². The summed E-state index contributed by atoms with van der Waals surface area (Å²) in [5.74, 6) is -0.353. The van der Waals surface area contributed by atoms with Gasteiger partial charge in [0.05, 0.1) is 13.5 Å². The van der Waals surface area contributed by atoms with E-state index in [9.17, 15) is 9.59 Å². The molecule has 0 aliphatic rings. The van der Waals surface area contributed by atoms with Crippen LogP contribution >= 0.6 is 0 Å². The van der Waals surface area contributed by atoms with Crippen LogP contribution in [0.25, 0.3) is 0 Å². The van der Waals surface area contributed by atoms with Gasteiger partial charge in [0.15, 0.2) is 0 Å². The summed E-state index contributed by atoms with van der Waals surface area (Å²) in [7, 11) is 1.34. The summed E-state index contributed by atoms with van der Waals surface area (Å²) < 4.78 is 9.92. The highest BCUT2D eigenvalue weighted by molar-refractivity contribution is 5.72. The zero-order chi connectivity index (χ0) is 16.6. The second-order valence-corrected chi connectivity index (χ2v) is 6.15. The average Bonchev–Trinajstić information content (AvgIpc) is 2.43. The summed E-state index contributed by atoms with van der Waals surface area (Å²) in [5, 5.41) is 2.75. The molecule has 0 spiro atoms. The number of amides is 1. The van der Waals surface area contributed by atoms with Crippen molar-refractivity contribution in [2.24, 2.45) is 0 Å². The topological polar surface area (TPSA) is 64.6 Å². The summed E-state index contributed by atoms with van der Waals surface area (Å²) in [5.41, 5.74) is 0.586. The van der Waals surface area contributed by atoms with Crippen LogP contribution in [0, 0.1) is 0 Å². The van der Waals surface area contributed by atoms with Crippen molar-refractivity contribution in [3.05, 3.63) is 35.9 Å². The molecular formula is C17H25NO4. The second-order valence-electron chi connectivity index (χ2n) is 6.15. The van der Waals surface area contributed by atoms with Gasteiger partial charge in [0.2, 0.25) is 0 Å². The molecule has 1 atom stereocenters. The molecule has 0 heterocycles. The van der Waals surface area contributed by atoms with Gasteiger partial charge in [0.1, 0.15) is 5.60 Å². The van der Waals surface area contributed by atoms with E-state index < -0.39 is 11.7 Å². The molecular weight excluding hydrogens is 282 g/mol. The summed E-state index contributed by atoms with van der Waals surface area (Å²) >= 11 is 0. The number of alkyl carbamates (subject to hydrolysis) is 1. The average molecular weight is 307 g/mol. The molecule has 0 unspecified atom stereocenters. The highest BCUT2D eigenvalue weighted by Crippen LogP contribution is 2.11. The molecule has 0 saturated carbocycles. The third-order valence-electron chi connectivity index (χ3n) is 2.99. The van der Waals surface area contributed by atoms with Crippen molar-refractivity contribution in [3.63, 3.8) is 0 Å². The Morgan fingerprint density at radius 3 is 2.36 bits per heavy atom. The van der Waals surface area contributed by atoms with Gasteiger partial charge in [0, 0.05) is 6.04 Å². The van der Waals surface area contributed by atoms with Crippen LogP contribution in [0.3, 0.4) is 0 Å². The number of hydrogen-bond donors (Lipinski definition) is 1. The quantitative estimate of drug-likeness (QED) is 0.820. The Labute approximate surface area is 132 Å². The van der Waals surface area contributed by atoms with Crippen LogP contribution in [0.15, 0.2) is 30.3 Å². The lowest BCUT2D eigenvalue weighted by atomic mass is 10.0. The molecule has 1 amide bonds. The van der Waals surface area contributed by atoms with Gasteiger partial charge in [0.25, 0.3) is 0 Å². The molecule has 0 aromatic heterocycles.